The summed E-state index contributed by atoms with van der Waals surface area (Å²) in [6, 6.07) is 13.4. The predicted octanol–water partition coefficient (Wildman–Crippen LogP) is 4.30. The van der Waals surface area contributed by atoms with Gasteiger partial charge in [-0.3, -0.25) is 4.79 Å². The van der Waals surface area contributed by atoms with Gasteiger partial charge in [0.05, 0.1) is 11.2 Å². The number of hydrogen-bond acceptors (Lipinski definition) is 2. The van der Waals surface area contributed by atoms with Crippen molar-refractivity contribution in [2.75, 3.05) is 13.7 Å². The summed E-state index contributed by atoms with van der Waals surface area (Å²) in [5, 5.41) is 3.00. The average Bonchev–Trinajstić information content (AvgIpc) is 2.72. The first-order valence-electron chi connectivity index (χ1n) is 9.32. The van der Waals surface area contributed by atoms with Gasteiger partial charge in [-0.1, -0.05) is 43.2 Å². The minimum atomic E-state index is -0.337. The summed E-state index contributed by atoms with van der Waals surface area (Å²) >= 11 is 0. The van der Waals surface area contributed by atoms with Gasteiger partial charge in [0.15, 0.2) is 0 Å². The Morgan fingerprint density at radius 3 is 2.44 bits per heavy atom. The maximum atomic E-state index is 13.6. The highest BCUT2D eigenvalue weighted by molar-refractivity contribution is 5.94. The summed E-state index contributed by atoms with van der Waals surface area (Å²) < 4.78 is 19.3. The summed E-state index contributed by atoms with van der Waals surface area (Å²) in [6.07, 6.45) is 5.47. The van der Waals surface area contributed by atoms with E-state index in [1.165, 1.54) is 12.5 Å². The molecule has 3 rings (SSSR count). The van der Waals surface area contributed by atoms with Crippen LogP contribution in [0.4, 0.5) is 4.39 Å². The lowest BCUT2D eigenvalue weighted by atomic mass is 9.84. The predicted molar refractivity (Wildman–Crippen MR) is 104 cm³/mol. The molecule has 0 unspecified atom stereocenters. The van der Waals surface area contributed by atoms with Crippen molar-refractivity contribution in [3.05, 3.63) is 71.0 Å². The average molecular weight is 365 g/mol. The van der Waals surface area contributed by atoms with Gasteiger partial charge in [-0.15, -0.1) is 0 Å². The Morgan fingerprint density at radius 2 is 1.78 bits per heavy atom. The Hall–Kier alpha value is -2.64. The van der Waals surface area contributed by atoms with Gasteiger partial charge in [0.1, 0.15) is 5.82 Å². The number of methoxy groups -OCH3 is 1. The summed E-state index contributed by atoms with van der Waals surface area (Å²) in [5.41, 5.74) is 1.43. The van der Waals surface area contributed by atoms with Gasteiger partial charge in [0.25, 0.3) is 5.91 Å². The van der Waals surface area contributed by atoms with Crippen LogP contribution in [-0.2, 0) is 4.74 Å². The van der Waals surface area contributed by atoms with Crippen LogP contribution in [0, 0.1) is 17.7 Å². The standard InChI is InChI=1S/C23H24FNO2/c1-27-23(15-5-2-6-16-23)17-25-22(26)20-13-10-18(11-14-20)9-12-19-7-3-4-8-21(19)24/h3-4,7-8,10-11,13-14H,2,5-6,15-17H2,1H3,(H,25,26). The second kappa shape index (κ2) is 8.83. The van der Waals surface area contributed by atoms with Gasteiger partial charge >= 0.3 is 0 Å². The molecule has 2 aromatic rings. The fourth-order valence-electron chi connectivity index (χ4n) is 3.40. The van der Waals surface area contributed by atoms with Crippen LogP contribution in [0.25, 0.3) is 0 Å². The van der Waals surface area contributed by atoms with Gasteiger partial charge in [-0.2, -0.15) is 0 Å². The highest BCUT2D eigenvalue weighted by Gasteiger charge is 2.32. The van der Waals surface area contributed by atoms with E-state index in [9.17, 15) is 9.18 Å². The SMILES string of the molecule is COC1(CNC(=O)c2ccc(C#Cc3ccccc3F)cc2)CCCCC1. The number of halogens is 1. The number of amides is 1. The van der Waals surface area contributed by atoms with Crippen molar-refractivity contribution in [1.82, 2.24) is 5.32 Å². The minimum Gasteiger partial charge on any atom is -0.376 e. The van der Waals surface area contributed by atoms with E-state index in [4.69, 9.17) is 4.74 Å². The molecule has 2 aromatic carbocycles. The number of hydrogen-bond donors (Lipinski definition) is 1. The second-order valence-electron chi connectivity index (χ2n) is 6.94. The molecule has 0 atom stereocenters. The zero-order chi connectivity index (χ0) is 19.1. The first-order valence-corrected chi connectivity index (χ1v) is 9.32. The number of carbonyl (C=O) groups excluding carboxylic acids is 1. The zero-order valence-corrected chi connectivity index (χ0v) is 15.6. The molecular formula is C23H24FNO2. The van der Waals surface area contributed by atoms with E-state index in [0.717, 1.165) is 31.2 Å². The van der Waals surface area contributed by atoms with Gasteiger partial charge in [-0.05, 0) is 49.2 Å². The van der Waals surface area contributed by atoms with Crippen LogP contribution in [0.15, 0.2) is 48.5 Å². The third-order valence-electron chi connectivity index (χ3n) is 5.13. The molecule has 0 heterocycles. The lowest BCUT2D eigenvalue weighted by Crippen LogP contribution is -2.45. The Balaban J connectivity index is 1.61. The summed E-state index contributed by atoms with van der Waals surface area (Å²) in [7, 11) is 1.72. The molecule has 140 valence electrons. The zero-order valence-electron chi connectivity index (χ0n) is 15.6. The molecule has 0 radical (unpaired) electrons. The Morgan fingerprint density at radius 1 is 1.07 bits per heavy atom. The maximum Gasteiger partial charge on any atom is 0.251 e. The van der Waals surface area contributed by atoms with Crippen molar-refractivity contribution in [2.24, 2.45) is 0 Å². The molecule has 1 amide bonds. The van der Waals surface area contributed by atoms with Crippen LogP contribution < -0.4 is 5.32 Å². The van der Waals surface area contributed by atoms with E-state index >= 15 is 0 Å². The monoisotopic (exact) mass is 365 g/mol. The van der Waals surface area contributed by atoms with Crippen molar-refractivity contribution < 1.29 is 13.9 Å². The summed E-state index contributed by atoms with van der Waals surface area (Å²) in [4.78, 5) is 12.4. The molecule has 0 aromatic heterocycles. The normalized spacial score (nSPS) is 15.5. The molecule has 27 heavy (non-hydrogen) atoms. The maximum absolute atomic E-state index is 13.6. The molecule has 0 saturated heterocycles. The molecule has 0 bridgehead atoms. The third kappa shape index (κ3) is 4.96. The molecular weight excluding hydrogens is 341 g/mol. The van der Waals surface area contributed by atoms with Crippen LogP contribution in [0.1, 0.15) is 53.6 Å². The Bertz CT molecular complexity index is 843. The lowest BCUT2D eigenvalue weighted by molar-refractivity contribution is -0.0363. The van der Waals surface area contributed by atoms with Crippen LogP contribution in [0.5, 0.6) is 0 Å². The first kappa shape index (κ1) is 19.1. The number of rotatable bonds is 4. The van der Waals surface area contributed by atoms with Crippen LogP contribution in [0.2, 0.25) is 0 Å². The third-order valence-corrected chi connectivity index (χ3v) is 5.13. The molecule has 0 spiro atoms. The van der Waals surface area contributed by atoms with Crippen LogP contribution in [-0.4, -0.2) is 25.2 Å². The second-order valence-corrected chi connectivity index (χ2v) is 6.94. The van der Waals surface area contributed by atoms with E-state index in [-0.39, 0.29) is 17.3 Å². The Labute approximate surface area is 159 Å². The van der Waals surface area contributed by atoms with Gasteiger partial charge < -0.3 is 10.1 Å². The van der Waals surface area contributed by atoms with Crippen LogP contribution >= 0.6 is 0 Å². The highest BCUT2D eigenvalue weighted by atomic mass is 19.1. The van der Waals surface area contributed by atoms with E-state index in [1.807, 2.05) is 0 Å². The number of ether oxygens (including phenoxy) is 1. The molecule has 0 aliphatic heterocycles. The first-order chi connectivity index (χ1) is 13.1. The van der Waals surface area contributed by atoms with Crippen molar-refractivity contribution in [3.63, 3.8) is 0 Å². The molecule has 1 fully saturated rings. The van der Waals surface area contributed by atoms with Gasteiger partial charge in [0.2, 0.25) is 0 Å². The van der Waals surface area contributed by atoms with Crippen molar-refractivity contribution >= 4 is 5.91 Å². The molecule has 1 aliphatic rings. The largest absolute Gasteiger partial charge is 0.376 e. The smallest absolute Gasteiger partial charge is 0.251 e. The quantitative estimate of drug-likeness (QED) is 0.820. The van der Waals surface area contributed by atoms with E-state index in [2.05, 4.69) is 17.2 Å². The summed E-state index contributed by atoms with van der Waals surface area (Å²) in [5.74, 6) is 5.28. The topological polar surface area (TPSA) is 38.3 Å². The van der Waals surface area contributed by atoms with Crippen molar-refractivity contribution in [3.8, 4) is 11.8 Å². The Kier molecular flexibility index (Phi) is 6.26. The number of carbonyl (C=O) groups is 1. The molecule has 3 nitrogen and oxygen atoms in total. The highest BCUT2D eigenvalue weighted by Crippen LogP contribution is 2.30. The van der Waals surface area contributed by atoms with Crippen molar-refractivity contribution in [1.29, 1.82) is 0 Å². The molecule has 1 aliphatic carbocycles. The lowest BCUT2D eigenvalue weighted by Gasteiger charge is -2.36. The summed E-state index contributed by atoms with van der Waals surface area (Å²) in [6.45, 7) is 0.525. The fraction of sp³-hybridized carbons (Fsp3) is 0.348. The van der Waals surface area contributed by atoms with Crippen LogP contribution in [0.3, 0.4) is 0 Å². The number of nitrogens with one attached hydrogen (secondary N) is 1. The van der Waals surface area contributed by atoms with Gasteiger partial charge in [-0.25, -0.2) is 4.39 Å². The number of benzene rings is 2. The van der Waals surface area contributed by atoms with Gasteiger partial charge in [0, 0.05) is 24.8 Å². The van der Waals surface area contributed by atoms with E-state index in [0.29, 0.717) is 17.7 Å². The fourth-order valence-corrected chi connectivity index (χ4v) is 3.40. The van der Waals surface area contributed by atoms with Crippen molar-refractivity contribution in [2.45, 2.75) is 37.7 Å². The molecule has 1 saturated carbocycles. The molecule has 1 N–H and O–H groups in total. The van der Waals surface area contributed by atoms with E-state index in [1.54, 1.807) is 49.6 Å². The minimum absolute atomic E-state index is 0.120. The van der Waals surface area contributed by atoms with E-state index < -0.39 is 0 Å². The molecule has 4 heteroatoms.